The minimum Gasteiger partial charge on any atom is -0.359 e. The zero-order valence-corrected chi connectivity index (χ0v) is 19.7. The highest BCUT2D eigenvalue weighted by molar-refractivity contribution is 7.88. The molecule has 0 atom stereocenters. The van der Waals surface area contributed by atoms with Gasteiger partial charge in [-0.15, -0.1) is 0 Å². The predicted octanol–water partition coefficient (Wildman–Crippen LogP) is 7.18. The fourth-order valence-electron chi connectivity index (χ4n) is 3.97. The van der Waals surface area contributed by atoms with E-state index in [1.165, 1.54) is 16.2 Å². The average molecular weight is 475 g/mol. The molecule has 0 radical (unpaired) electrons. The molecule has 0 saturated heterocycles. The molecule has 158 valence electrons. The Morgan fingerprint density at radius 3 is 1.84 bits per heavy atom. The van der Waals surface area contributed by atoms with Gasteiger partial charge in [-0.05, 0) is 28.3 Å². The Morgan fingerprint density at radius 2 is 1.25 bits per heavy atom. The van der Waals surface area contributed by atoms with Gasteiger partial charge in [0, 0.05) is 14.5 Å². The first-order valence-corrected chi connectivity index (χ1v) is 12.5. The molecule has 0 spiro atoms. The zero-order valence-electron chi connectivity index (χ0n) is 17.3. The van der Waals surface area contributed by atoms with Gasteiger partial charge in [0.1, 0.15) is 0 Å². The molecule has 0 fully saturated rings. The highest BCUT2D eigenvalue weighted by Gasteiger charge is 2.28. The number of aliphatic imine (C=N–C) groups is 1. The van der Waals surface area contributed by atoms with Gasteiger partial charge < -0.3 is 4.90 Å². The molecule has 0 aromatic heterocycles. The first kappa shape index (κ1) is 21.2. The quantitative estimate of drug-likeness (QED) is 0.279. The fourth-order valence-corrected chi connectivity index (χ4v) is 6.64. The molecule has 1 heterocycles. The van der Waals surface area contributed by atoms with Crippen molar-refractivity contribution in [2.45, 2.75) is 6.54 Å². The number of rotatable bonds is 5. The lowest BCUT2D eigenvalue weighted by Gasteiger charge is -2.34. The number of hydrogen-bond acceptors (Lipinski definition) is 2. The molecule has 2 nitrogen and oxygen atoms in total. The summed E-state index contributed by atoms with van der Waals surface area (Å²) in [6.07, 6.45) is 0. The van der Waals surface area contributed by atoms with E-state index in [0.717, 1.165) is 29.9 Å². The Labute approximate surface area is 199 Å². The van der Waals surface area contributed by atoms with Crippen LogP contribution in [0, 0.1) is 0 Å². The lowest BCUT2D eigenvalue weighted by molar-refractivity contribution is 0.879. The minimum atomic E-state index is -0.780. The summed E-state index contributed by atoms with van der Waals surface area (Å²) in [6, 6.07) is 35.7. The maximum atomic E-state index is 6.40. The van der Waals surface area contributed by atoms with Gasteiger partial charge >= 0.3 is 0 Å². The smallest absolute Gasteiger partial charge is 0.0884 e. The molecule has 1 aliphatic rings. The van der Waals surface area contributed by atoms with Crippen LogP contribution in [0.15, 0.2) is 108 Å². The number of anilines is 1. The normalized spacial score (nSPS) is 13.1. The first-order valence-electron chi connectivity index (χ1n) is 10.4. The monoisotopic (exact) mass is 474 g/mol. The van der Waals surface area contributed by atoms with Crippen molar-refractivity contribution in [3.05, 3.63) is 119 Å². The Hall–Kier alpha value is -2.64. The molecule has 4 aromatic carbocycles. The van der Waals surface area contributed by atoms with Gasteiger partial charge in [0.2, 0.25) is 0 Å². The zero-order chi connectivity index (χ0) is 21.9. The Kier molecular flexibility index (Phi) is 6.28. The molecule has 0 amide bonds. The third kappa shape index (κ3) is 4.45. The summed E-state index contributed by atoms with van der Waals surface area (Å²) in [6.45, 7) is 1.51. The molecule has 0 unspecified atom stereocenters. The number of benzene rings is 4. The second-order valence-corrected chi connectivity index (χ2v) is 10.7. The van der Waals surface area contributed by atoms with Crippen LogP contribution in [0.2, 0.25) is 10.0 Å². The third-order valence-corrected chi connectivity index (χ3v) is 8.55. The summed E-state index contributed by atoms with van der Waals surface area (Å²) >= 11 is 12.8. The molecule has 0 bridgehead atoms. The SMILES string of the molecule is Clc1cc2c(cc1Cl)N(Cc1ccccc1)CC(P(c1ccccc1)c1ccccc1)=N2. The number of hydrogen-bond donors (Lipinski definition) is 0. The van der Waals surface area contributed by atoms with E-state index in [0.29, 0.717) is 10.0 Å². The van der Waals surface area contributed by atoms with Crippen molar-refractivity contribution in [1.82, 2.24) is 0 Å². The van der Waals surface area contributed by atoms with E-state index in [9.17, 15) is 0 Å². The van der Waals surface area contributed by atoms with Crippen LogP contribution in [-0.2, 0) is 6.54 Å². The molecule has 1 aliphatic heterocycles. The summed E-state index contributed by atoms with van der Waals surface area (Å²) in [4.78, 5) is 7.51. The van der Waals surface area contributed by atoms with Crippen molar-refractivity contribution in [1.29, 1.82) is 0 Å². The molecular weight excluding hydrogens is 454 g/mol. The number of nitrogens with zero attached hydrogens (tertiary/aromatic N) is 2. The van der Waals surface area contributed by atoms with Gasteiger partial charge in [-0.3, -0.25) is 0 Å². The van der Waals surface area contributed by atoms with E-state index >= 15 is 0 Å². The van der Waals surface area contributed by atoms with E-state index in [-0.39, 0.29) is 0 Å². The number of fused-ring (bicyclic) bond motifs is 1. The van der Waals surface area contributed by atoms with Crippen LogP contribution in [0.5, 0.6) is 0 Å². The maximum absolute atomic E-state index is 6.40. The highest BCUT2D eigenvalue weighted by atomic mass is 35.5. The van der Waals surface area contributed by atoms with E-state index in [2.05, 4.69) is 89.8 Å². The van der Waals surface area contributed by atoms with Crippen molar-refractivity contribution in [3.63, 3.8) is 0 Å². The molecule has 5 heteroatoms. The van der Waals surface area contributed by atoms with Gasteiger partial charge in [0.05, 0.1) is 33.4 Å². The molecule has 0 aliphatic carbocycles. The lowest BCUT2D eigenvalue weighted by atomic mass is 10.1. The first-order chi connectivity index (χ1) is 15.7. The van der Waals surface area contributed by atoms with Crippen LogP contribution in [-0.4, -0.2) is 12.0 Å². The van der Waals surface area contributed by atoms with Crippen molar-refractivity contribution in [2.24, 2.45) is 4.99 Å². The summed E-state index contributed by atoms with van der Waals surface area (Å²) in [7, 11) is -0.780. The van der Waals surface area contributed by atoms with Crippen LogP contribution >= 0.6 is 31.1 Å². The Morgan fingerprint density at radius 1 is 0.719 bits per heavy atom. The topological polar surface area (TPSA) is 15.6 Å². The summed E-state index contributed by atoms with van der Waals surface area (Å²) in [5, 5.41) is 3.65. The largest absolute Gasteiger partial charge is 0.359 e. The Bertz CT molecular complexity index is 1210. The van der Waals surface area contributed by atoms with Gasteiger partial charge in [0.25, 0.3) is 0 Å². The summed E-state index contributed by atoms with van der Waals surface area (Å²) in [5.41, 5.74) is 4.28. The average Bonchev–Trinajstić information content (AvgIpc) is 2.83. The maximum Gasteiger partial charge on any atom is 0.0884 e. The standard InChI is InChI=1S/C27H21Cl2N2P/c28-23-16-25-26(17-24(23)29)31(18-20-10-4-1-5-11-20)19-27(30-25)32(21-12-6-2-7-13-21)22-14-8-3-9-15-22/h1-17H,18-19H2. The molecular formula is C27H21Cl2N2P. The lowest BCUT2D eigenvalue weighted by Crippen LogP contribution is -2.34. The molecule has 5 rings (SSSR count). The second-order valence-electron chi connectivity index (χ2n) is 7.63. The summed E-state index contributed by atoms with van der Waals surface area (Å²) < 4.78 is 0. The van der Waals surface area contributed by atoms with E-state index in [1.807, 2.05) is 18.2 Å². The van der Waals surface area contributed by atoms with Crippen molar-refractivity contribution in [2.75, 3.05) is 11.4 Å². The van der Waals surface area contributed by atoms with Crippen LogP contribution in [0.1, 0.15) is 5.56 Å². The second kappa shape index (κ2) is 9.46. The van der Waals surface area contributed by atoms with Gasteiger partial charge in [0.15, 0.2) is 0 Å². The highest BCUT2D eigenvalue weighted by Crippen LogP contribution is 2.45. The molecule has 32 heavy (non-hydrogen) atoms. The fraction of sp³-hybridized carbons (Fsp3) is 0.0741. The van der Waals surface area contributed by atoms with Gasteiger partial charge in [-0.2, -0.15) is 0 Å². The van der Waals surface area contributed by atoms with Gasteiger partial charge in [-0.25, -0.2) is 4.99 Å². The van der Waals surface area contributed by atoms with Crippen LogP contribution < -0.4 is 15.5 Å². The van der Waals surface area contributed by atoms with Crippen molar-refractivity contribution >= 4 is 58.6 Å². The van der Waals surface area contributed by atoms with E-state index in [1.54, 1.807) is 0 Å². The third-order valence-electron chi connectivity index (χ3n) is 5.44. The minimum absolute atomic E-state index is 0.527. The van der Waals surface area contributed by atoms with E-state index in [4.69, 9.17) is 28.2 Å². The molecule has 0 N–H and O–H groups in total. The molecule has 0 saturated carbocycles. The van der Waals surface area contributed by atoms with Crippen LogP contribution in [0.3, 0.4) is 0 Å². The van der Waals surface area contributed by atoms with Crippen molar-refractivity contribution in [3.8, 4) is 0 Å². The number of halogens is 2. The predicted molar refractivity (Wildman–Crippen MR) is 140 cm³/mol. The Balaban J connectivity index is 1.63. The summed E-state index contributed by atoms with van der Waals surface area (Å²) in [5.74, 6) is 0. The van der Waals surface area contributed by atoms with Crippen LogP contribution in [0.4, 0.5) is 11.4 Å². The van der Waals surface area contributed by atoms with Crippen molar-refractivity contribution < 1.29 is 0 Å². The molecule has 4 aromatic rings. The van der Waals surface area contributed by atoms with Gasteiger partial charge in [-0.1, -0.05) is 114 Å². The van der Waals surface area contributed by atoms with E-state index < -0.39 is 7.92 Å². The van der Waals surface area contributed by atoms with Crippen LogP contribution in [0.25, 0.3) is 0 Å².